The molecule has 0 aromatic rings. The van der Waals surface area contributed by atoms with Gasteiger partial charge in [0.2, 0.25) is 0 Å². The van der Waals surface area contributed by atoms with Gasteiger partial charge in [-0.15, -0.1) is 0 Å². The molecular weight excluding hydrogens is 235 g/mol. The third-order valence-electron chi connectivity index (χ3n) is 0.969. The number of rotatable bonds is 2. The Hall–Kier alpha value is -0.600. The summed E-state index contributed by atoms with van der Waals surface area (Å²) in [7, 11) is 0.581. The van der Waals surface area contributed by atoms with Crippen LogP contribution in [0.5, 0.6) is 0 Å². The van der Waals surface area contributed by atoms with Crippen molar-refractivity contribution in [2.24, 2.45) is 0 Å². The maximum Gasteiger partial charge on any atom is 0.522 e. The molecule has 0 aromatic heterocycles. The molecule has 0 aromatic carbocycles. The van der Waals surface area contributed by atoms with Crippen LogP contribution < -0.4 is 0 Å². The Balaban J connectivity index is 0. The number of hydrogen-bond acceptors (Lipinski definition) is 2. The highest BCUT2D eigenvalue weighted by Crippen LogP contribution is 2.20. The van der Waals surface area contributed by atoms with Crippen LogP contribution in [-0.4, -0.2) is 50.6 Å². The number of hydrogen-bond donors (Lipinski definition) is 1. The summed E-state index contributed by atoms with van der Waals surface area (Å²) in [5.41, 5.74) is -5.53. The van der Waals surface area contributed by atoms with Crippen molar-refractivity contribution in [3.63, 3.8) is 0 Å². The molecule has 0 aliphatic rings. The molecule has 0 unspecified atom stereocenters. The lowest BCUT2D eigenvalue weighted by molar-refractivity contribution is -0.864. The molecule has 4 nitrogen and oxygen atoms in total. The minimum atomic E-state index is -5.84. The van der Waals surface area contributed by atoms with E-state index in [1.54, 1.807) is 0 Å². The van der Waals surface area contributed by atoms with E-state index in [2.05, 4.69) is 27.7 Å². The van der Waals surface area contributed by atoms with Gasteiger partial charge in [-0.2, -0.15) is 21.6 Å². The summed E-state index contributed by atoms with van der Waals surface area (Å²) >= 11 is 0. The summed E-state index contributed by atoms with van der Waals surface area (Å²) in [6, 6.07) is 0. The van der Waals surface area contributed by atoms with Gasteiger partial charge < -0.3 is 4.48 Å². The molecule has 0 rings (SSSR count). The molecular formula is C7H15F3NO3S+. The molecule has 0 heterocycles. The number of halogens is 3. The molecule has 0 radical (unpaired) electrons. The van der Waals surface area contributed by atoms with E-state index >= 15 is 0 Å². The second-order valence-electron chi connectivity index (χ2n) is 3.68. The van der Waals surface area contributed by atoms with Gasteiger partial charge >= 0.3 is 15.6 Å². The molecule has 15 heavy (non-hydrogen) atoms. The summed E-state index contributed by atoms with van der Waals surface area (Å²) in [5.74, 6) is 0. The fraction of sp³-hybridized carbons (Fsp3) is 0.714. The van der Waals surface area contributed by atoms with Crippen molar-refractivity contribution in [1.29, 1.82) is 0 Å². The molecule has 0 aliphatic carbocycles. The second kappa shape index (κ2) is 5.47. The molecule has 1 N–H and O–H groups in total. The van der Waals surface area contributed by atoms with Gasteiger partial charge in [-0.3, -0.25) is 4.55 Å². The molecule has 0 fully saturated rings. The van der Waals surface area contributed by atoms with E-state index in [1.165, 1.54) is 0 Å². The zero-order valence-electron chi connectivity index (χ0n) is 8.74. The van der Waals surface area contributed by atoms with Crippen LogP contribution in [0.4, 0.5) is 13.2 Å². The van der Waals surface area contributed by atoms with E-state index in [-0.39, 0.29) is 0 Å². The van der Waals surface area contributed by atoms with Gasteiger partial charge in [-0.25, -0.2) is 0 Å². The first kappa shape index (κ1) is 16.8. The van der Waals surface area contributed by atoms with Crippen LogP contribution in [0.1, 0.15) is 0 Å². The lowest BCUT2D eigenvalue weighted by atomic mass is 10.5. The Morgan fingerprint density at radius 3 is 1.60 bits per heavy atom. The first-order chi connectivity index (χ1) is 6.31. The van der Waals surface area contributed by atoms with Gasteiger partial charge in [0.1, 0.15) is 0 Å². The van der Waals surface area contributed by atoms with Gasteiger partial charge in [0.05, 0.1) is 27.7 Å². The third kappa shape index (κ3) is 11.3. The van der Waals surface area contributed by atoms with E-state index in [1.807, 2.05) is 6.08 Å². The van der Waals surface area contributed by atoms with Crippen molar-refractivity contribution in [3.8, 4) is 0 Å². The predicted molar refractivity (Wildman–Crippen MR) is 50.7 cm³/mol. The lowest BCUT2D eigenvalue weighted by Crippen LogP contribution is -2.33. The molecule has 0 spiro atoms. The second-order valence-corrected chi connectivity index (χ2v) is 5.10. The predicted octanol–water partition coefficient (Wildman–Crippen LogP) is 1.27. The maximum atomic E-state index is 10.7. The Bertz CT molecular complexity index is 290. The standard InChI is InChI=1S/C6H14N.CHF3O3S/c1-5-6-7(2,3)4;2-1(3,4)8(5,6)7/h5H,1,6H2,2-4H3;(H,5,6,7)/q+1;. The number of alkyl halides is 3. The van der Waals surface area contributed by atoms with Gasteiger partial charge in [0.25, 0.3) is 0 Å². The highest BCUT2D eigenvalue weighted by Gasteiger charge is 2.44. The molecule has 0 aliphatic heterocycles. The topological polar surface area (TPSA) is 54.4 Å². The van der Waals surface area contributed by atoms with Crippen LogP contribution in [0.15, 0.2) is 12.7 Å². The largest absolute Gasteiger partial charge is 0.522 e. The van der Waals surface area contributed by atoms with Crippen molar-refractivity contribution < 1.29 is 30.6 Å². The third-order valence-corrected chi connectivity index (χ3v) is 1.55. The van der Waals surface area contributed by atoms with Gasteiger partial charge in [0, 0.05) is 0 Å². The Morgan fingerprint density at radius 2 is 1.60 bits per heavy atom. The highest BCUT2D eigenvalue weighted by molar-refractivity contribution is 7.86. The van der Waals surface area contributed by atoms with E-state index < -0.39 is 15.6 Å². The van der Waals surface area contributed by atoms with Gasteiger partial charge in [-0.1, -0.05) is 6.58 Å². The Morgan fingerprint density at radius 1 is 1.33 bits per heavy atom. The SMILES string of the molecule is C=CC[N+](C)(C)C.O=S(=O)(O)C(F)(F)F. The van der Waals surface area contributed by atoms with E-state index in [0.717, 1.165) is 11.0 Å². The van der Waals surface area contributed by atoms with Crippen molar-refractivity contribution in [2.75, 3.05) is 27.7 Å². The lowest BCUT2D eigenvalue weighted by Gasteiger charge is -2.21. The summed E-state index contributed by atoms with van der Waals surface area (Å²) in [6.45, 7) is 4.67. The molecule has 0 saturated heterocycles. The van der Waals surface area contributed by atoms with Gasteiger partial charge in [-0.05, 0) is 6.08 Å². The number of nitrogens with zero attached hydrogens (tertiary/aromatic N) is 1. The average Bonchev–Trinajstić information content (AvgIpc) is 1.79. The van der Waals surface area contributed by atoms with Crippen molar-refractivity contribution in [3.05, 3.63) is 12.7 Å². The zero-order chi connectivity index (χ0) is 12.9. The van der Waals surface area contributed by atoms with Crippen LogP contribution in [0.3, 0.4) is 0 Å². The molecule has 0 bridgehead atoms. The Kier molecular flexibility index (Phi) is 6.14. The Labute approximate surface area is 87.3 Å². The summed E-state index contributed by atoms with van der Waals surface area (Å²) in [5, 5.41) is 0. The molecule has 8 heteroatoms. The molecule has 0 atom stereocenters. The van der Waals surface area contributed by atoms with Crippen molar-refractivity contribution in [1.82, 2.24) is 0 Å². The maximum absolute atomic E-state index is 10.7. The first-order valence-electron chi connectivity index (χ1n) is 3.76. The van der Waals surface area contributed by atoms with E-state index in [0.29, 0.717) is 0 Å². The van der Waals surface area contributed by atoms with Crippen LogP contribution in [-0.2, 0) is 10.1 Å². The molecule has 0 amide bonds. The number of likely N-dealkylation sites (N-methyl/N-ethyl adjacent to an activating group) is 1. The fourth-order valence-electron chi connectivity index (χ4n) is 0.387. The quantitative estimate of drug-likeness (QED) is 0.347. The van der Waals surface area contributed by atoms with Crippen molar-refractivity contribution >= 4 is 10.1 Å². The van der Waals surface area contributed by atoms with E-state index in [9.17, 15) is 13.2 Å². The van der Waals surface area contributed by atoms with Crippen molar-refractivity contribution in [2.45, 2.75) is 5.51 Å². The minimum Gasteiger partial charge on any atom is -0.328 e. The first-order valence-corrected chi connectivity index (χ1v) is 5.20. The normalized spacial score (nSPS) is 12.7. The summed E-state index contributed by atoms with van der Waals surface area (Å²) in [6.07, 6.45) is 1.93. The summed E-state index contributed by atoms with van der Waals surface area (Å²) < 4.78 is 58.5. The van der Waals surface area contributed by atoms with Crippen LogP contribution in [0.2, 0.25) is 0 Å². The average molecular weight is 250 g/mol. The van der Waals surface area contributed by atoms with Crippen LogP contribution >= 0.6 is 0 Å². The molecule has 92 valence electrons. The van der Waals surface area contributed by atoms with Crippen LogP contribution in [0, 0.1) is 0 Å². The zero-order valence-corrected chi connectivity index (χ0v) is 9.56. The molecule has 0 saturated carbocycles. The smallest absolute Gasteiger partial charge is 0.328 e. The van der Waals surface area contributed by atoms with Gasteiger partial charge in [0.15, 0.2) is 0 Å². The summed E-state index contributed by atoms with van der Waals surface area (Å²) in [4.78, 5) is 0. The van der Waals surface area contributed by atoms with Crippen LogP contribution in [0.25, 0.3) is 0 Å². The van der Waals surface area contributed by atoms with E-state index in [4.69, 9.17) is 13.0 Å². The fourth-order valence-corrected chi connectivity index (χ4v) is 0.387. The monoisotopic (exact) mass is 250 g/mol. The minimum absolute atomic E-state index is 0.976. The highest BCUT2D eigenvalue weighted by atomic mass is 32.2. The number of quaternary nitrogens is 1.